The standard InChI is InChI=1S/C19H19ClO3S/c1-23-18(21)11-16(15-7-9-17(20)10-8-15)12-19(22)24-13-14-5-3-2-4-6-14/h2-10,16H,11-13H2,1H3/t16-/m1/s1. The predicted molar refractivity (Wildman–Crippen MR) is 98.2 cm³/mol. The maximum Gasteiger partial charge on any atom is 0.306 e. The Balaban J connectivity index is 2.00. The van der Waals surface area contributed by atoms with Crippen LogP contribution in [0.3, 0.4) is 0 Å². The van der Waals surface area contributed by atoms with Crippen LogP contribution in [0.1, 0.15) is 29.9 Å². The number of halogens is 1. The van der Waals surface area contributed by atoms with Gasteiger partial charge in [0, 0.05) is 23.1 Å². The molecule has 24 heavy (non-hydrogen) atoms. The molecular formula is C19H19ClO3S. The van der Waals surface area contributed by atoms with Gasteiger partial charge in [0.25, 0.3) is 0 Å². The van der Waals surface area contributed by atoms with E-state index in [9.17, 15) is 9.59 Å². The van der Waals surface area contributed by atoms with Crippen molar-refractivity contribution in [1.82, 2.24) is 0 Å². The van der Waals surface area contributed by atoms with Gasteiger partial charge in [-0.15, -0.1) is 0 Å². The second-order valence-corrected chi connectivity index (χ2v) is 6.85. The monoisotopic (exact) mass is 362 g/mol. The Morgan fingerprint density at radius 3 is 2.33 bits per heavy atom. The SMILES string of the molecule is COC(=O)C[C@H](CC(=O)SCc1ccccc1)c1ccc(Cl)cc1. The molecule has 0 aliphatic heterocycles. The average Bonchev–Trinajstić information content (AvgIpc) is 2.61. The molecule has 1 atom stereocenters. The number of ether oxygens (including phenoxy) is 1. The largest absolute Gasteiger partial charge is 0.469 e. The van der Waals surface area contributed by atoms with Crippen molar-refractivity contribution >= 4 is 34.4 Å². The molecule has 0 saturated heterocycles. The van der Waals surface area contributed by atoms with E-state index in [0.717, 1.165) is 11.1 Å². The van der Waals surface area contributed by atoms with Gasteiger partial charge < -0.3 is 4.74 Å². The second kappa shape index (κ2) is 9.50. The molecular weight excluding hydrogens is 344 g/mol. The Bertz CT molecular complexity index is 671. The molecule has 0 heterocycles. The second-order valence-electron chi connectivity index (χ2n) is 5.38. The summed E-state index contributed by atoms with van der Waals surface area (Å²) in [6.07, 6.45) is 0.462. The van der Waals surface area contributed by atoms with Crippen LogP contribution in [-0.2, 0) is 20.1 Å². The van der Waals surface area contributed by atoms with Crippen LogP contribution in [0.5, 0.6) is 0 Å². The fraction of sp³-hybridized carbons (Fsp3) is 0.263. The Labute approximate surface area is 151 Å². The fourth-order valence-electron chi connectivity index (χ4n) is 2.33. The van der Waals surface area contributed by atoms with Crippen LogP contribution in [-0.4, -0.2) is 18.2 Å². The molecule has 0 amide bonds. The Kier molecular flexibility index (Phi) is 7.35. The number of rotatable bonds is 7. The maximum absolute atomic E-state index is 12.3. The summed E-state index contributed by atoms with van der Waals surface area (Å²) in [5.74, 6) is 0.104. The number of benzene rings is 2. The smallest absolute Gasteiger partial charge is 0.306 e. The summed E-state index contributed by atoms with van der Waals surface area (Å²) in [6.45, 7) is 0. The van der Waals surface area contributed by atoms with E-state index in [1.54, 1.807) is 12.1 Å². The molecule has 0 N–H and O–H groups in total. The van der Waals surface area contributed by atoms with Gasteiger partial charge in [-0.25, -0.2) is 0 Å². The fourth-order valence-corrected chi connectivity index (χ4v) is 3.29. The van der Waals surface area contributed by atoms with E-state index < -0.39 is 0 Å². The predicted octanol–water partition coefficient (Wildman–Crippen LogP) is 4.84. The lowest BCUT2D eigenvalue weighted by molar-refractivity contribution is -0.141. The highest BCUT2D eigenvalue weighted by Crippen LogP contribution is 2.28. The van der Waals surface area contributed by atoms with E-state index in [1.165, 1.54) is 18.9 Å². The molecule has 0 unspecified atom stereocenters. The van der Waals surface area contributed by atoms with E-state index in [1.807, 2.05) is 42.5 Å². The molecule has 0 spiro atoms. The van der Waals surface area contributed by atoms with Crippen molar-refractivity contribution in [3.8, 4) is 0 Å². The maximum atomic E-state index is 12.3. The number of thioether (sulfide) groups is 1. The Morgan fingerprint density at radius 2 is 1.71 bits per heavy atom. The molecule has 126 valence electrons. The highest BCUT2D eigenvalue weighted by molar-refractivity contribution is 8.12. The van der Waals surface area contributed by atoms with Crippen LogP contribution in [0.15, 0.2) is 54.6 Å². The first-order valence-electron chi connectivity index (χ1n) is 7.60. The zero-order valence-electron chi connectivity index (χ0n) is 13.4. The first-order valence-corrected chi connectivity index (χ1v) is 8.96. The van der Waals surface area contributed by atoms with E-state index in [4.69, 9.17) is 16.3 Å². The van der Waals surface area contributed by atoms with Crippen LogP contribution in [0.25, 0.3) is 0 Å². The van der Waals surface area contributed by atoms with Crippen molar-refractivity contribution in [1.29, 1.82) is 0 Å². The number of hydrogen-bond acceptors (Lipinski definition) is 4. The van der Waals surface area contributed by atoms with Crippen LogP contribution in [0, 0.1) is 0 Å². The van der Waals surface area contributed by atoms with Gasteiger partial charge in [0.2, 0.25) is 0 Å². The van der Waals surface area contributed by atoms with Crippen molar-refractivity contribution in [3.63, 3.8) is 0 Å². The molecule has 0 saturated carbocycles. The normalized spacial score (nSPS) is 11.8. The van der Waals surface area contributed by atoms with Crippen molar-refractivity contribution in [2.45, 2.75) is 24.5 Å². The molecule has 0 fully saturated rings. The lowest BCUT2D eigenvalue weighted by atomic mass is 9.93. The van der Waals surface area contributed by atoms with E-state index in [-0.39, 0.29) is 29.8 Å². The van der Waals surface area contributed by atoms with Gasteiger partial charge >= 0.3 is 5.97 Å². The highest BCUT2D eigenvalue weighted by Gasteiger charge is 2.20. The molecule has 0 bridgehead atoms. The third kappa shape index (κ3) is 6.02. The first kappa shape index (κ1) is 18.6. The molecule has 0 radical (unpaired) electrons. The van der Waals surface area contributed by atoms with Crippen LogP contribution < -0.4 is 0 Å². The van der Waals surface area contributed by atoms with Gasteiger partial charge in [0.15, 0.2) is 5.12 Å². The molecule has 0 aliphatic carbocycles. The highest BCUT2D eigenvalue weighted by atomic mass is 35.5. The molecule has 2 aromatic rings. The number of hydrogen-bond donors (Lipinski definition) is 0. The molecule has 2 rings (SSSR count). The number of carbonyl (C=O) groups is 2. The summed E-state index contributed by atoms with van der Waals surface area (Å²) < 4.78 is 4.75. The van der Waals surface area contributed by atoms with Gasteiger partial charge in [-0.3, -0.25) is 9.59 Å². The minimum Gasteiger partial charge on any atom is -0.469 e. The zero-order chi connectivity index (χ0) is 17.4. The summed E-state index contributed by atoms with van der Waals surface area (Å²) in [5.41, 5.74) is 2.02. The minimum atomic E-state index is -0.323. The van der Waals surface area contributed by atoms with E-state index in [0.29, 0.717) is 10.8 Å². The number of carbonyl (C=O) groups excluding carboxylic acids is 2. The van der Waals surface area contributed by atoms with E-state index in [2.05, 4.69) is 0 Å². The topological polar surface area (TPSA) is 43.4 Å². The lowest BCUT2D eigenvalue weighted by Crippen LogP contribution is -2.12. The van der Waals surface area contributed by atoms with Gasteiger partial charge in [-0.05, 0) is 23.3 Å². The number of methoxy groups -OCH3 is 1. The van der Waals surface area contributed by atoms with Gasteiger partial charge in [0.1, 0.15) is 0 Å². The molecule has 2 aromatic carbocycles. The quantitative estimate of drug-likeness (QED) is 0.661. The Hall–Kier alpha value is -1.78. The Morgan fingerprint density at radius 1 is 1.04 bits per heavy atom. The molecule has 0 aromatic heterocycles. The summed E-state index contributed by atoms with van der Waals surface area (Å²) in [7, 11) is 1.35. The molecule has 5 heteroatoms. The van der Waals surface area contributed by atoms with Crippen LogP contribution >= 0.6 is 23.4 Å². The number of esters is 1. The van der Waals surface area contributed by atoms with Crippen molar-refractivity contribution < 1.29 is 14.3 Å². The van der Waals surface area contributed by atoms with Gasteiger partial charge in [0.05, 0.1) is 13.5 Å². The van der Waals surface area contributed by atoms with Crippen molar-refractivity contribution in [2.75, 3.05) is 7.11 Å². The summed E-state index contributed by atoms with van der Waals surface area (Å²) in [5, 5.41) is 0.683. The third-order valence-corrected chi connectivity index (χ3v) is 4.86. The van der Waals surface area contributed by atoms with Crippen LogP contribution in [0.4, 0.5) is 0 Å². The van der Waals surface area contributed by atoms with Crippen molar-refractivity contribution in [2.24, 2.45) is 0 Å². The third-order valence-electron chi connectivity index (χ3n) is 3.64. The van der Waals surface area contributed by atoms with E-state index >= 15 is 0 Å². The zero-order valence-corrected chi connectivity index (χ0v) is 15.0. The minimum absolute atomic E-state index is 0.0581. The van der Waals surface area contributed by atoms with Crippen LogP contribution in [0.2, 0.25) is 5.02 Å². The average molecular weight is 363 g/mol. The summed E-state index contributed by atoms with van der Waals surface area (Å²) in [4.78, 5) is 24.0. The first-order chi connectivity index (χ1) is 11.6. The summed E-state index contributed by atoms with van der Waals surface area (Å²) >= 11 is 7.18. The van der Waals surface area contributed by atoms with Gasteiger partial charge in [-0.2, -0.15) is 0 Å². The molecule has 0 aliphatic rings. The molecule has 3 nitrogen and oxygen atoms in total. The van der Waals surface area contributed by atoms with Crippen molar-refractivity contribution in [3.05, 3.63) is 70.7 Å². The lowest BCUT2D eigenvalue weighted by Gasteiger charge is -2.15. The summed E-state index contributed by atoms with van der Waals surface area (Å²) in [6, 6.07) is 17.1. The van der Waals surface area contributed by atoms with Gasteiger partial charge in [-0.1, -0.05) is 65.8 Å².